The molecule has 0 bridgehead atoms. The van der Waals surface area contributed by atoms with Gasteiger partial charge in [0.2, 0.25) is 5.91 Å². The molecule has 0 atom stereocenters. The maximum absolute atomic E-state index is 12.0. The van der Waals surface area contributed by atoms with Crippen molar-refractivity contribution in [2.75, 3.05) is 32.6 Å². The van der Waals surface area contributed by atoms with Crippen molar-refractivity contribution < 1.29 is 9.53 Å². The molecule has 174 valence electrons. The lowest BCUT2D eigenvalue weighted by Crippen LogP contribution is -2.19. The minimum absolute atomic E-state index is 0.262. The Morgan fingerprint density at radius 3 is 2.79 bits per heavy atom. The molecule has 0 fully saturated rings. The number of anilines is 1. The van der Waals surface area contributed by atoms with Crippen molar-refractivity contribution in [2.24, 2.45) is 0 Å². The number of carbonyl (C=O) groups is 1. The predicted octanol–water partition coefficient (Wildman–Crippen LogP) is 5.92. The number of fused-ring (bicyclic) bond motifs is 1. The second-order valence-corrected chi connectivity index (χ2v) is 8.70. The van der Waals surface area contributed by atoms with Crippen LogP contribution >= 0.6 is 11.6 Å². The van der Waals surface area contributed by atoms with Crippen LogP contribution in [0.1, 0.15) is 5.56 Å². The molecule has 4 rings (SSSR count). The van der Waals surface area contributed by atoms with E-state index in [1.54, 1.807) is 12.3 Å². The monoisotopic (exact) mass is 474 g/mol. The van der Waals surface area contributed by atoms with Crippen molar-refractivity contribution in [3.63, 3.8) is 0 Å². The lowest BCUT2D eigenvalue weighted by molar-refractivity contribution is -0.111. The van der Waals surface area contributed by atoms with Crippen LogP contribution in [0.4, 0.5) is 5.69 Å². The Balaban J connectivity index is 1.85. The van der Waals surface area contributed by atoms with Gasteiger partial charge in [0.05, 0.1) is 10.7 Å². The smallest absolute Gasteiger partial charge is 0.247 e. The molecule has 4 aromatic rings. The third-order valence-corrected chi connectivity index (χ3v) is 5.86. The summed E-state index contributed by atoms with van der Waals surface area (Å²) in [5.41, 5.74) is 5.98. The van der Waals surface area contributed by atoms with Gasteiger partial charge in [-0.1, -0.05) is 42.4 Å². The van der Waals surface area contributed by atoms with Crippen LogP contribution in [-0.2, 0) is 4.79 Å². The van der Waals surface area contributed by atoms with E-state index in [2.05, 4.69) is 26.8 Å². The second kappa shape index (κ2) is 10.1. The molecule has 0 saturated heterocycles. The van der Waals surface area contributed by atoms with E-state index >= 15 is 0 Å². The number of H-pyrrole nitrogens is 1. The lowest BCUT2D eigenvalue weighted by atomic mass is 9.97. The number of ether oxygens (including phenoxy) is 1. The number of aryl methyl sites for hydroxylation is 1. The van der Waals surface area contributed by atoms with Gasteiger partial charge < -0.3 is 19.9 Å². The summed E-state index contributed by atoms with van der Waals surface area (Å²) in [7, 11) is 4.03. The summed E-state index contributed by atoms with van der Waals surface area (Å²) in [4.78, 5) is 22.0. The number of amides is 1. The SMILES string of the molecule is C=CC(=O)Nc1cc(-c2c(-c3cccc(OCCN(C)C)c3)[nH]c3nccc(Cl)c23)ccc1C. The number of likely N-dealkylation sites (N-methyl/N-ethyl adjacent to an activating group) is 1. The molecular weight excluding hydrogens is 448 g/mol. The number of hydrogen-bond acceptors (Lipinski definition) is 4. The summed E-state index contributed by atoms with van der Waals surface area (Å²) in [5.74, 6) is 0.521. The van der Waals surface area contributed by atoms with Gasteiger partial charge in [0.1, 0.15) is 18.0 Å². The van der Waals surface area contributed by atoms with Gasteiger partial charge >= 0.3 is 0 Å². The van der Waals surface area contributed by atoms with Crippen molar-refractivity contribution in [2.45, 2.75) is 6.92 Å². The van der Waals surface area contributed by atoms with Crippen LogP contribution in [0.5, 0.6) is 5.75 Å². The summed E-state index contributed by atoms with van der Waals surface area (Å²) in [6, 6.07) is 15.7. The first kappa shape index (κ1) is 23.5. The van der Waals surface area contributed by atoms with Crippen LogP contribution in [-0.4, -0.2) is 48.0 Å². The summed E-state index contributed by atoms with van der Waals surface area (Å²) in [5, 5.41) is 4.30. The molecule has 6 nitrogen and oxygen atoms in total. The normalized spacial score (nSPS) is 11.1. The number of pyridine rings is 1. The zero-order chi connectivity index (χ0) is 24.2. The predicted molar refractivity (Wildman–Crippen MR) is 140 cm³/mol. The quantitative estimate of drug-likeness (QED) is 0.311. The van der Waals surface area contributed by atoms with E-state index in [9.17, 15) is 4.79 Å². The number of benzene rings is 2. The van der Waals surface area contributed by atoms with Crippen molar-refractivity contribution in [3.8, 4) is 28.1 Å². The highest BCUT2D eigenvalue weighted by molar-refractivity contribution is 6.36. The molecule has 1 amide bonds. The first-order valence-electron chi connectivity index (χ1n) is 11.0. The Bertz CT molecular complexity index is 1360. The molecule has 2 heterocycles. The van der Waals surface area contributed by atoms with Crippen molar-refractivity contribution >= 4 is 34.2 Å². The fourth-order valence-electron chi connectivity index (χ4n) is 3.77. The highest BCUT2D eigenvalue weighted by atomic mass is 35.5. The zero-order valence-corrected chi connectivity index (χ0v) is 20.2. The Morgan fingerprint density at radius 2 is 2.03 bits per heavy atom. The zero-order valence-electron chi connectivity index (χ0n) is 19.5. The Hall–Kier alpha value is -3.61. The number of aromatic nitrogens is 2. The maximum atomic E-state index is 12.0. The van der Waals surface area contributed by atoms with Crippen molar-refractivity contribution in [3.05, 3.63) is 78.0 Å². The van der Waals surface area contributed by atoms with Gasteiger partial charge in [0.25, 0.3) is 0 Å². The molecule has 2 N–H and O–H groups in total. The number of nitrogens with one attached hydrogen (secondary N) is 2. The summed E-state index contributed by atoms with van der Waals surface area (Å²) in [6.45, 7) is 6.91. The van der Waals surface area contributed by atoms with E-state index in [1.165, 1.54) is 6.08 Å². The van der Waals surface area contributed by atoms with E-state index in [-0.39, 0.29) is 5.91 Å². The third kappa shape index (κ3) is 4.98. The van der Waals surface area contributed by atoms with Crippen LogP contribution in [0.15, 0.2) is 67.4 Å². The molecule has 0 radical (unpaired) electrons. The van der Waals surface area contributed by atoms with Crippen LogP contribution in [0.25, 0.3) is 33.4 Å². The minimum atomic E-state index is -0.262. The summed E-state index contributed by atoms with van der Waals surface area (Å²) < 4.78 is 5.96. The lowest BCUT2D eigenvalue weighted by Gasteiger charge is -2.13. The Kier molecular flexibility index (Phi) is 7.01. The fraction of sp³-hybridized carbons (Fsp3) is 0.185. The first-order chi connectivity index (χ1) is 16.4. The van der Waals surface area contributed by atoms with Gasteiger partial charge in [-0.2, -0.15) is 0 Å². The van der Waals surface area contributed by atoms with Crippen LogP contribution < -0.4 is 10.1 Å². The van der Waals surface area contributed by atoms with E-state index < -0.39 is 0 Å². The van der Waals surface area contributed by atoms with E-state index in [1.807, 2.05) is 63.5 Å². The number of carbonyl (C=O) groups excluding carboxylic acids is 1. The van der Waals surface area contributed by atoms with Crippen LogP contribution in [0.3, 0.4) is 0 Å². The van der Waals surface area contributed by atoms with Gasteiger partial charge in [0.15, 0.2) is 0 Å². The molecule has 0 aliphatic rings. The minimum Gasteiger partial charge on any atom is -0.492 e. The molecule has 0 spiro atoms. The van der Waals surface area contributed by atoms with Gasteiger partial charge in [-0.15, -0.1) is 0 Å². The number of hydrogen-bond donors (Lipinski definition) is 2. The summed E-state index contributed by atoms with van der Waals surface area (Å²) in [6.07, 6.45) is 2.94. The molecule has 0 aliphatic carbocycles. The van der Waals surface area contributed by atoms with E-state index in [4.69, 9.17) is 16.3 Å². The van der Waals surface area contributed by atoms with Gasteiger partial charge in [-0.25, -0.2) is 4.98 Å². The average molecular weight is 475 g/mol. The van der Waals surface area contributed by atoms with Gasteiger partial charge in [-0.3, -0.25) is 4.79 Å². The topological polar surface area (TPSA) is 70.2 Å². The van der Waals surface area contributed by atoms with Crippen molar-refractivity contribution in [1.29, 1.82) is 0 Å². The number of aromatic amines is 1. The standard InChI is InChI=1S/C27H27ClN4O2/c1-5-23(33)30-22-16-18(10-9-17(22)2)24-25-21(28)11-12-29-27(25)31-26(24)19-7-6-8-20(15-19)34-14-13-32(3)4/h5-12,15-16H,1,13-14H2,2-4H3,(H,29,31)(H,30,33). The van der Waals surface area contributed by atoms with Crippen molar-refractivity contribution in [1.82, 2.24) is 14.9 Å². The third-order valence-electron chi connectivity index (χ3n) is 5.54. The molecule has 2 aromatic heterocycles. The number of rotatable bonds is 8. The van der Waals surface area contributed by atoms with Crippen LogP contribution in [0.2, 0.25) is 5.02 Å². The first-order valence-corrected chi connectivity index (χ1v) is 11.3. The van der Waals surface area contributed by atoms with Gasteiger partial charge in [-0.05, 0) is 62.5 Å². The molecule has 2 aromatic carbocycles. The molecular formula is C27H27ClN4O2. The van der Waals surface area contributed by atoms with Gasteiger partial charge in [0, 0.05) is 34.9 Å². The molecule has 0 aliphatic heterocycles. The molecule has 0 unspecified atom stereocenters. The largest absolute Gasteiger partial charge is 0.492 e. The highest BCUT2D eigenvalue weighted by Gasteiger charge is 2.19. The van der Waals surface area contributed by atoms with E-state index in [0.717, 1.165) is 45.6 Å². The average Bonchev–Trinajstić information content (AvgIpc) is 3.21. The molecule has 0 saturated carbocycles. The fourth-order valence-corrected chi connectivity index (χ4v) is 4.01. The second-order valence-electron chi connectivity index (χ2n) is 8.29. The molecule has 7 heteroatoms. The Labute approximate surface area is 204 Å². The van der Waals surface area contributed by atoms with Crippen LogP contribution in [0, 0.1) is 6.92 Å². The number of nitrogens with zero attached hydrogens (tertiary/aromatic N) is 2. The molecule has 34 heavy (non-hydrogen) atoms. The maximum Gasteiger partial charge on any atom is 0.247 e. The van der Waals surface area contributed by atoms with E-state index in [0.29, 0.717) is 23.0 Å². The number of halogens is 1. The highest BCUT2D eigenvalue weighted by Crippen LogP contribution is 2.42. The Morgan fingerprint density at radius 1 is 1.21 bits per heavy atom. The summed E-state index contributed by atoms with van der Waals surface area (Å²) >= 11 is 6.65.